The number of guanidine groups is 1. The van der Waals surface area contributed by atoms with Crippen LogP contribution in [-0.4, -0.2) is 75.6 Å². The number of H-pyrrole nitrogens is 1. The van der Waals surface area contributed by atoms with E-state index < -0.39 is 47.9 Å². The smallest absolute Gasteiger partial charge is 0.326 e. The van der Waals surface area contributed by atoms with Crippen molar-refractivity contribution >= 4 is 40.6 Å². The molecule has 1 aromatic heterocycles. The Labute approximate surface area is 283 Å². The second-order valence-corrected chi connectivity index (χ2v) is 11.7. The number of aromatic amines is 1. The molecule has 258 valence electrons. The topological polar surface area (TPSA) is 251 Å². The number of para-hydroxylation sites is 1. The molecule has 14 heteroatoms. The van der Waals surface area contributed by atoms with Gasteiger partial charge in [0.25, 0.3) is 0 Å². The minimum atomic E-state index is -1.27. The second kappa shape index (κ2) is 17.3. The highest BCUT2D eigenvalue weighted by atomic mass is 16.4. The van der Waals surface area contributed by atoms with Crippen molar-refractivity contribution in [3.05, 3.63) is 102 Å². The van der Waals surface area contributed by atoms with Gasteiger partial charge in [0, 0.05) is 36.5 Å². The Balaban J connectivity index is 1.55. The molecule has 4 aromatic rings. The number of nitrogens with zero attached hydrogens (tertiary/aromatic N) is 1. The van der Waals surface area contributed by atoms with Crippen molar-refractivity contribution in [2.75, 3.05) is 6.54 Å². The van der Waals surface area contributed by atoms with E-state index in [2.05, 4.69) is 25.9 Å². The van der Waals surface area contributed by atoms with Gasteiger partial charge in [-0.15, -0.1) is 0 Å². The first-order chi connectivity index (χ1) is 23.5. The number of nitrogens with one attached hydrogen (secondary N) is 4. The molecule has 4 rings (SSSR count). The van der Waals surface area contributed by atoms with Crippen LogP contribution in [0.25, 0.3) is 10.9 Å². The molecule has 12 N–H and O–H groups in total. The molecule has 0 bridgehead atoms. The van der Waals surface area contributed by atoms with Crippen LogP contribution in [0, 0.1) is 0 Å². The molecule has 0 spiro atoms. The monoisotopic (exact) mass is 670 g/mol. The Kier molecular flexibility index (Phi) is 12.7. The predicted octanol–water partition coefficient (Wildman–Crippen LogP) is 0.821. The first-order valence-corrected chi connectivity index (χ1v) is 15.8. The summed E-state index contributed by atoms with van der Waals surface area (Å²) in [6.45, 7) is 0.163. The van der Waals surface area contributed by atoms with E-state index in [1.54, 1.807) is 48.7 Å². The number of aromatic hydroxyl groups is 1. The van der Waals surface area contributed by atoms with Crippen LogP contribution < -0.4 is 33.2 Å². The van der Waals surface area contributed by atoms with Gasteiger partial charge in [0.05, 0.1) is 6.04 Å². The lowest BCUT2D eigenvalue weighted by Crippen LogP contribution is -2.58. The van der Waals surface area contributed by atoms with E-state index in [0.29, 0.717) is 11.1 Å². The van der Waals surface area contributed by atoms with Gasteiger partial charge in [-0.05, 0) is 54.2 Å². The molecule has 1 heterocycles. The van der Waals surface area contributed by atoms with Crippen molar-refractivity contribution in [1.29, 1.82) is 0 Å². The summed E-state index contributed by atoms with van der Waals surface area (Å²) >= 11 is 0. The molecular weight excluding hydrogens is 628 g/mol. The van der Waals surface area contributed by atoms with E-state index in [1.165, 1.54) is 12.1 Å². The van der Waals surface area contributed by atoms with Crippen molar-refractivity contribution in [1.82, 2.24) is 20.9 Å². The molecule has 0 aliphatic carbocycles. The molecule has 4 unspecified atom stereocenters. The highest BCUT2D eigenvalue weighted by molar-refractivity contribution is 5.95. The number of benzene rings is 3. The summed E-state index contributed by atoms with van der Waals surface area (Å²) in [7, 11) is 0. The van der Waals surface area contributed by atoms with Crippen molar-refractivity contribution in [2.24, 2.45) is 22.2 Å². The van der Waals surface area contributed by atoms with Crippen molar-refractivity contribution in [3.8, 4) is 5.75 Å². The number of aliphatic imine (C=N–C) groups is 1. The lowest BCUT2D eigenvalue weighted by atomic mass is 10.0. The molecule has 14 nitrogen and oxygen atoms in total. The Morgan fingerprint density at radius 1 is 0.735 bits per heavy atom. The molecule has 0 saturated heterocycles. The third-order valence-corrected chi connectivity index (χ3v) is 7.94. The van der Waals surface area contributed by atoms with Crippen LogP contribution in [0.5, 0.6) is 5.75 Å². The van der Waals surface area contributed by atoms with Crippen LogP contribution in [0.4, 0.5) is 0 Å². The Hall–Kier alpha value is -5.89. The van der Waals surface area contributed by atoms with Crippen LogP contribution in [0.1, 0.15) is 29.5 Å². The van der Waals surface area contributed by atoms with E-state index in [9.17, 15) is 29.4 Å². The lowest BCUT2D eigenvalue weighted by Gasteiger charge is -2.25. The van der Waals surface area contributed by atoms with Crippen LogP contribution in [0.15, 0.2) is 90.1 Å². The van der Waals surface area contributed by atoms with Gasteiger partial charge in [0.1, 0.15) is 23.9 Å². The highest BCUT2D eigenvalue weighted by Gasteiger charge is 2.31. The van der Waals surface area contributed by atoms with Gasteiger partial charge in [0.2, 0.25) is 17.7 Å². The Bertz CT molecular complexity index is 1750. The SMILES string of the molecule is NC(N)=NCCCC(NC(=O)C(Cc1c[nH]c2ccccc12)NC(=O)C(N)Cc1ccc(O)cc1)C(=O)NC(Cc1ccccc1)C(=O)O. The number of aromatic nitrogens is 1. The van der Waals surface area contributed by atoms with Gasteiger partial charge in [0.15, 0.2) is 5.96 Å². The third-order valence-electron chi connectivity index (χ3n) is 7.94. The third kappa shape index (κ3) is 10.8. The molecule has 0 aliphatic rings. The van der Waals surface area contributed by atoms with Crippen LogP contribution in [-0.2, 0) is 38.4 Å². The molecule has 49 heavy (non-hydrogen) atoms. The number of hydrogen-bond donors (Lipinski definition) is 9. The molecular formula is C35H42N8O6. The maximum absolute atomic E-state index is 14.0. The number of fused-ring (bicyclic) bond motifs is 1. The summed E-state index contributed by atoms with van der Waals surface area (Å²) < 4.78 is 0. The predicted molar refractivity (Wildman–Crippen MR) is 185 cm³/mol. The number of aliphatic carboxylic acids is 1. The largest absolute Gasteiger partial charge is 0.508 e. The van der Waals surface area contributed by atoms with E-state index in [4.69, 9.17) is 17.2 Å². The number of phenolic OH excluding ortho intramolecular Hbond substituents is 1. The number of amides is 3. The van der Waals surface area contributed by atoms with E-state index in [0.717, 1.165) is 16.5 Å². The molecule has 0 radical (unpaired) electrons. The minimum absolute atomic E-state index is 0.0226. The van der Waals surface area contributed by atoms with Gasteiger partial charge in [-0.3, -0.25) is 19.4 Å². The fourth-order valence-electron chi connectivity index (χ4n) is 5.35. The van der Waals surface area contributed by atoms with Crippen LogP contribution >= 0.6 is 0 Å². The first-order valence-electron chi connectivity index (χ1n) is 15.8. The number of carboxylic acids is 1. The zero-order chi connectivity index (χ0) is 35.3. The van der Waals surface area contributed by atoms with E-state index in [-0.39, 0.29) is 50.4 Å². The summed E-state index contributed by atoms with van der Waals surface area (Å²) in [4.78, 5) is 60.1. The number of carboxylic acid groups (broad SMARTS) is 1. The lowest BCUT2D eigenvalue weighted by molar-refractivity contribution is -0.142. The number of phenols is 1. The van der Waals surface area contributed by atoms with Crippen LogP contribution in [0.3, 0.4) is 0 Å². The van der Waals surface area contributed by atoms with Gasteiger partial charge < -0.3 is 48.3 Å². The van der Waals surface area contributed by atoms with Gasteiger partial charge in [-0.1, -0.05) is 60.7 Å². The maximum atomic E-state index is 14.0. The first kappa shape index (κ1) is 36.0. The van der Waals surface area contributed by atoms with Gasteiger partial charge in [-0.25, -0.2) is 4.79 Å². The average Bonchev–Trinajstić information content (AvgIpc) is 3.49. The minimum Gasteiger partial charge on any atom is -0.508 e. The van der Waals surface area contributed by atoms with Crippen molar-refractivity contribution < 1.29 is 29.4 Å². The normalized spacial score (nSPS) is 13.4. The summed E-state index contributed by atoms with van der Waals surface area (Å²) in [6.07, 6.45) is 2.31. The number of rotatable bonds is 17. The fraction of sp³-hybridized carbons (Fsp3) is 0.286. The fourth-order valence-corrected chi connectivity index (χ4v) is 5.35. The maximum Gasteiger partial charge on any atom is 0.326 e. The van der Waals surface area contributed by atoms with E-state index >= 15 is 0 Å². The second-order valence-electron chi connectivity index (χ2n) is 11.7. The summed E-state index contributed by atoms with van der Waals surface area (Å²) in [6, 6.07) is 17.9. The summed E-state index contributed by atoms with van der Waals surface area (Å²) in [5.41, 5.74) is 20.1. The summed E-state index contributed by atoms with van der Waals surface area (Å²) in [5, 5.41) is 28.4. The average molecular weight is 671 g/mol. The van der Waals surface area contributed by atoms with Gasteiger partial charge in [-0.2, -0.15) is 0 Å². The zero-order valence-corrected chi connectivity index (χ0v) is 26.8. The molecule has 3 aromatic carbocycles. The van der Waals surface area contributed by atoms with Crippen molar-refractivity contribution in [3.63, 3.8) is 0 Å². The quantitative estimate of drug-likeness (QED) is 0.0437. The zero-order valence-electron chi connectivity index (χ0n) is 26.8. The molecule has 0 aliphatic heterocycles. The number of hydrogen-bond acceptors (Lipinski definition) is 7. The molecule has 3 amide bonds. The number of carbonyl (C=O) groups is 4. The standard InChI is InChI=1S/C35H42N8O6/c36-26(17-22-12-14-24(44)15-13-22)31(45)42-29(19-23-20-40-27-10-5-4-9-25(23)27)33(47)41-28(11-6-16-39-35(37)38)32(46)43-30(34(48)49)18-21-7-2-1-3-8-21/h1-5,7-10,12-15,20,26,28-30,40,44H,6,11,16-19,36H2,(H,41,47)(H,42,45)(H,43,46)(H,48,49)(H4,37,38,39). The Morgan fingerprint density at radius 2 is 1.35 bits per heavy atom. The Morgan fingerprint density at radius 3 is 2.04 bits per heavy atom. The highest BCUT2D eigenvalue weighted by Crippen LogP contribution is 2.20. The molecule has 0 fully saturated rings. The number of nitrogens with two attached hydrogens (primary N) is 3. The van der Waals surface area contributed by atoms with Gasteiger partial charge >= 0.3 is 5.97 Å². The van der Waals surface area contributed by atoms with Crippen LogP contribution in [0.2, 0.25) is 0 Å². The van der Waals surface area contributed by atoms with Crippen molar-refractivity contribution in [2.45, 2.75) is 56.3 Å². The molecule has 0 saturated carbocycles. The van der Waals surface area contributed by atoms with E-state index in [1.807, 2.05) is 24.3 Å². The number of carbonyl (C=O) groups excluding carboxylic acids is 3. The summed E-state index contributed by atoms with van der Waals surface area (Å²) in [5.74, 6) is -3.30. The molecule has 4 atom stereocenters.